The molecule has 0 saturated heterocycles. The first-order valence-electron chi connectivity index (χ1n) is 8.28. The highest BCUT2D eigenvalue weighted by Crippen LogP contribution is 2.25. The second kappa shape index (κ2) is 10.2. The minimum Gasteiger partial charge on any atom is -0.412 e. The fraction of sp³-hybridized carbons (Fsp3) is 0. The molecule has 0 atom stereocenters. The lowest BCUT2D eigenvalue weighted by molar-refractivity contribution is 0.824. The van der Waals surface area contributed by atoms with Crippen LogP contribution in [0.25, 0.3) is 22.3 Å². The largest absolute Gasteiger partial charge is 0.412 e. The van der Waals surface area contributed by atoms with E-state index in [9.17, 15) is 0 Å². The molecule has 4 aromatic carbocycles. The van der Waals surface area contributed by atoms with Gasteiger partial charge in [-0.25, -0.2) is 0 Å². The van der Waals surface area contributed by atoms with Crippen molar-refractivity contribution >= 4 is 12.6 Å². The molecule has 26 heavy (non-hydrogen) atoms. The van der Waals surface area contributed by atoms with Gasteiger partial charge in [0.05, 0.1) is 0 Å². The fourth-order valence-corrected chi connectivity index (χ4v) is 2.89. The van der Waals surface area contributed by atoms with Crippen LogP contribution in [0.1, 0.15) is 0 Å². The summed E-state index contributed by atoms with van der Waals surface area (Å²) in [5, 5.41) is 0. The first-order chi connectivity index (χ1) is 12.3. The molecule has 0 aromatic heterocycles. The van der Waals surface area contributed by atoms with E-state index >= 15 is 0 Å². The van der Waals surface area contributed by atoms with Crippen molar-refractivity contribution in [1.82, 2.24) is 0 Å². The lowest BCUT2D eigenvalue weighted by atomic mass is 10.1. The Labute approximate surface area is 160 Å². The molecule has 0 amide bonds. The van der Waals surface area contributed by atoms with Crippen molar-refractivity contribution in [3.05, 3.63) is 115 Å². The highest BCUT2D eigenvalue weighted by Gasteiger charge is 1.98. The van der Waals surface area contributed by atoms with Crippen molar-refractivity contribution in [1.29, 1.82) is 0 Å². The maximum Gasteiger partial charge on any atom is 0.0119 e. The lowest BCUT2D eigenvalue weighted by Gasteiger charge is -2.03. The lowest BCUT2D eigenvalue weighted by Crippen LogP contribution is -1.77. The minimum atomic E-state index is 0. The quantitative estimate of drug-likeness (QED) is 0.415. The third-order valence-electron chi connectivity index (χ3n) is 3.87. The predicted octanol–water partition coefficient (Wildman–Crippen LogP) is 6.17. The Morgan fingerprint density at radius 3 is 1.15 bits per heavy atom. The van der Waals surface area contributed by atoms with Gasteiger partial charge in [-0.15, -0.1) is 12.6 Å². The number of rotatable bonds is 2. The van der Waals surface area contributed by atoms with E-state index in [2.05, 4.69) is 79.4 Å². The Morgan fingerprint density at radius 2 is 0.731 bits per heavy atom. The van der Waals surface area contributed by atoms with Crippen LogP contribution in [-0.4, -0.2) is 5.48 Å². The van der Waals surface area contributed by atoms with Crippen LogP contribution >= 0.6 is 12.6 Å². The van der Waals surface area contributed by atoms with Gasteiger partial charge in [0.2, 0.25) is 0 Å². The summed E-state index contributed by atoms with van der Waals surface area (Å²) >= 11 is 4.41. The van der Waals surface area contributed by atoms with Crippen LogP contribution in [0.3, 0.4) is 0 Å². The molecule has 0 heterocycles. The van der Waals surface area contributed by atoms with Gasteiger partial charge in [-0.3, -0.25) is 0 Å². The Bertz CT molecular complexity index is 853. The topological polar surface area (TPSA) is 31.5 Å². The maximum atomic E-state index is 4.41. The van der Waals surface area contributed by atoms with E-state index in [0.717, 1.165) is 4.90 Å². The van der Waals surface area contributed by atoms with Crippen molar-refractivity contribution in [3.8, 4) is 22.3 Å². The van der Waals surface area contributed by atoms with Gasteiger partial charge in [0.15, 0.2) is 0 Å². The van der Waals surface area contributed by atoms with Gasteiger partial charge in [0.1, 0.15) is 0 Å². The van der Waals surface area contributed by atoms with Crippen LogP contribution in [-0.2, 0) is 0 Å². The molecule has 0 bridgehead atoms. The summed E-state index contributed by atoms with van der Waals surface area (Å²) in [5.41, 5.74) is 4.95. The van der Waals surface area contributed by atoms with Gasteiger partial charge < -0.3 is 5.48 Å². The van der Waals surface area contributed by atoms with E-state index < -0.39 is 0 Å². The van der Waals surface area contributed by atoms with Crippen molar-refractivity contribution in [2.24, 2.45) is 0 Å². The van der Waals surface area contributed by atoms with Crippen molar-refractivity contribution < 1.29 is 5.48 Å². The molecular formula is C24H22OS. The van der Waals surface area contributed by atoms with Crippen molar-refractivity contribution in [2.75, 3.05) is 0 Å². The number of benzene rings is 4. The van der Waals surface area contributed by atoms with Crippen LogP contribution in [0.5, 0.6) is 0 Å². The number of thiol groups is 1. The first kappa shape index (κ1) is 19.5. The predicted molar refractivity (Wildman–Crippen MR) is 115 cm³/mol. The Balaban J connectivity index is 0.000000180. The molecular weight excluding hydrogens is 336 g/mol. The first-order valence-corrected chi connectivity index (χ1v) is 8.73. The Kier molecular flexibility index (Phi) is 7.69. The fourth-order valence-electron chi connectivity index (χ4n) is 2.60. The summed E-state index contributed by atoms with van der Waals surface area (Å²) in [5.74, 6) is 0. The average molecular weight is 359 g/mol. The average Bonchev–Trinajstić information content (AvgIpc) is 2.71. The highest BCUT2D eigenvalue weighted by atomic mass is 32.1. The van der Waals surface area contributed by atoms with Crippen molar-refractivity contribution in [2.45, 2.75) is 4.90 Å². The normalized spacial score (nSPS) is 9.42. The summed E-state index contributed by atoms with van der Waals surface area (Å²) in [6, 6.07) is 39.2. The smallest absolute Gasteiger partial charge is 0.0119 e. The highest BCUT2D eigenvalue weighted by molar-refractivity contribution is 7.80. The standard InChI is InChI=1S/C12H10S.C12H10.H2O/c13-12-9-5-4-8-11(12)10-6-2-1-3-7-10;1-3-7-11(8-4-1)12-9-5-2-6-10-12;/h1-9,13H;1-10H;1H2. The summed E-state index contributed by atoms with van der Waals surface area (Å²) in [7, 11) is 0. The molecule has 2 N–H and O–H groups in total. The van der Waals surface area contributed by atoms with E-state index in [4.69, 9.17) is 0 Å². The number of hydrogen-bond acceptors (Lipinski definition) is 1. The van der Waals surface area contributed by atoms with E-state index in [1.54, 1.807) is 0 Å². The second-order valence-corrected chi connectivity index (χ2v) is 6.10. The molecule has 0 radical (unpaired) electrons. The summed E-state index contributed by atoms with van der Waals surface area (Å²) in [6.45, 7) is 0. The van der Waals surface area contributed by atoms with Gasteiger partial charge in [-0.1, -0.05) is 109 Å². The summed E-state index contributed by atoms with van der Waals surface area (Å²) < 4.78 is 0. The second-order valence-electron chi connectivity index (χ2n) is 5.62. The molecule has 0 spiro atoms. The third-order valence-corrected chi connectivity index (χ3v) is 4.26. The molecule has 0 aliphatic rings. The van der Waals surface area contributed by atoms with Crippen molar-refractivity contribution in [3.63, 3.8) is 0 Å². The van der Waals surface area contributed by atoms with Crippen LogP contribution in [0, 0.1) is 0 Å². The minimum absolute atomic E-state index is 0. The molecule has 2 heteroatoms. The Hall–Kier alpha value is -2.81. The summed E-state index contributed by atoms with van der Waals surface area (Å²) in [6.07, 6.45) is 0. The van der Waals surface area contributed by atoms with Gasteiger partial charge >= 0.3 is 0 Å². The van der Waals surface area contributed by atoms with E-state index in [0.29, 0.717) is 0 Å². The van der Waals surface area contributed by atoms with Crippen LogP contribution < -0.4 is 0 Å². The van der Waals surface area contributed by atoms with Crippen LogP contribution in [0.2, 0.25) is 0 Å². The maximum absolute atomic E-state index is 4.41. The van der Waals surface area contributed by atoms with Gasteiger partial charge in [-0.2, -0.15) is 0 Å². The Morgan fingerprint density at radius 1 is 0.385 bits per heavy atom. The third kappa shape index (κ3) is 5.35. The SMILES string of the molecule is O.Sc1ccccc1-c1ccccc1.c1ccc(-c2ccccc2)cc1. The molecule has 4 aromatic rings. The monoisotopic (exact) mass is 358 g/mol. The molecule has 0 aliphatic heterocycles. The van der Waals surface area contributed by atoms with E-state index in [1.807, 2.05) is 48.5 Å². The molecule has 0 saturated carbocycles. The van der Waals surface area contributed by atoms with Crippen LogP contribution in [0.4, 0.5) is 0 Å². The molecule has 4 rings (SSSR count). The van der Waals surface area contributed by atoms with Crippen LogP contribution in [0.15, 0.2) is 120 Å². The van der Waals surface area contributed by atoms with Gasteiger partial charge in [0.25, 0.3) is 0 Å². The molecule has 0 unspecified atom stereocenters. The van der Waals surface area contributed by atoms with E-state index in [-0.39, 0.29) is 5.48 Å². The summed E-state index contributed by atoms with van der Waals surface area (Å²) in [4.78, 5) is 1.02. The zero-order chi connectivity index (χ0) is 17.3. The molecule has 1 nitrogen and oxygen atoms in total. The van der Waals surface area contributed by atoms with E-state index in [1.165, 1.54) is 22.3 Å². The zero-order valence-electron chi connectivity index (χ0n) is 14.4. The molecule has 0 aliphatic carbocycles. The van der Waals surface area contributed by atoms with Gasteiger partial charge in [-0.05, 0) is 28.3 Å². The molecule has 130 valence electrons. The molecule has 0 fully saturated rings. The zero-order valence-corrected chi connectivity index (χ0v) is 15.3. The number of hydrogen-bond donors (Lipinski definition) is 1. The van der Waals surface area contributed by atoms with Gasteiger partial charge in [0, 0.05) is 4.90 Å².